The van der Waals surface area contributed by atoms with Gasteiger partial charge in [0.15, 0.2) is 0 Å². The van der Waals surface area contributed by atoms with E-state index in [1.807, 2.05) is 17.5 Å². The molecule has 0 atom stereocenters. The average Bonchev–Trinajstić information content (AvgIpc) is 3.07. The predicted molar refractivity (Wildman–Crippen MR) is 66.9 cm³/mol. The topological polar surface area (TPSA) is 78.3 Å². The molecule has 3 heterocycles. The number of ether oxygens (including phenoxy) is 1. The molecule has 0 saturated carbocycles. The number of aromatic nitrogens is 5. The van der Waals surface area contributed by atoms with Crippen LogP contribution in [0.1, 0.15) is 18.2 Å². The Morgan fingerprint density at radius 3 is 2.84 bits per heavy atom. The molecule has 98 valence electrons. The van der Waals surface area contributed by atoms with Crippen LogP contribution in [-0.2, 0) is 6.42 Å². The van der Waals surface area contributed by atoms with Crippen LogP contribution < -0.4 is 4.74 Å². The largest absolute Gasteiger partial charge is 0.481 e. The van der Waals surface area contributed by atoms with Crippen LogP contribution in [0.25, 0.3) is 17.4 Å². The van der Waals surface area contributed by atoms with E-state index >= 15 is 0 Å². The van der Waals surface area contributed by atoms with Crippen molar-refractivity contribution in [2.45, 2.75) is 20.3 Å². The standard InChI is InChI=1S/C12H13N5O2/c1-4-8-7(2)17-5-9(11-16-13-6-19-11)14-12(17)15-10(8)18-3/h5-6H,4H2,1-3H3. The monoisotopic (exact) mass is 259 g/mol. The Kier molecular flexibility index (Phi) is 2.66. The second kappa shape index (κ2) is 4.34. The molecule has 0 N–H and O–H groups in total. The third-order valence-corrected chi connectivity index (χ3v) is 3.07. The number of fused-ring (bicyclic) bond motifs is 1. The molecule has 0 amide bonds. The highest BCUT2D eigenvalue weighted by molar-refractivity contribution is 5.53. The first kappa shape index (κ1) is 11.6. The number of hydrogen-bond acceptors (Lipinski definition) is 6. The number of methoxy groups -OCH3 is 1. The highest BCUT2D eigenvalue weighted by Crippen LogP contribution is 2.24. The molecule has 3 aromatic heterocycles. The molecular formula is C12H13N5O2. The van der Waals surface area contributed by atoms with E-state index < -0.39 is 0 Å². The Morgan fingerprint density at radius 2 is 2.21 bits per heavy atom. The van der Waals surface area contributed by atoms with Crippen molar-refractivity contribution in [3.8, 4) is 17.5 Å². The summed E-state index contributed by atoms with van der Waals surface area (Å²) in [6.07, 6.45) is 3.95. The van der Waals surface area contributed by atoms with E-state index in [2.05, 4.69) is 27.1 Å². The van der Waals surface area contributed by atoms with Crippen LogP contribution in [0.3, 0.4) is 0 Å². The predicted octanol–water partition coefficient (Wildman–Crippen LogP) is 1.66. The first-order valence-corrected chi connectivity index (χ1v) is 5.93. The molecule has 0 aromatic carbocycles. The van der Waals surface area contributed by atoms with Crippen LogP contribution in [0.15, 0.2) is 17.0 Å². The number of aryl methyl sites for hydroxylation is 1. The number of nitrogens with zero attached hydrogens (tertiary/aromatic N) is 5. The summed E-state index contributed by atoms with van der Waals surface area (Å²) in [7, 11) is 1.61. The van der Waals surface area contributed by atoms with Crippen molar-refractivity contribution < 1.29 is 9.15 Å². The summed E-state index contributed by atoms with van der Waals surface area (Å²) in [6.45, 7) is 4.07. The second-order valence-corrected chi connectivity index (χ2v) is 4.08. The maximum atomic E-state index is 5.31. The van der Waals surface area contributed by atoms with Gasteiger partial charge in [-0.2, -0.15) is 4.98 Å². The van der Waals surface area contributed by atoms with Gasteiger partial charge < -0.3 is 9.15 Å². The summed E-state index contributed by atoms with van der Waals surface area (Å²) in [6, 6.07) is 0. The van der Waals surface area contributed by atoms with Gasteiger partial charge >= 0.3 is 0 Å². The summed E-state index contributed by atoms with van der Waals surface area (Å²) in [5.41, 5.74) is 2.70. The van der Waals surface area contributed by atoms with Crippen molar-refractivity contribution in [2.24, 2.45) is 0 Å². The summed E-state index contributed by atoms with van der Waals surface area (Å²) >= 11 is 0. The summed E-state index contributed by atoms with van der Waals surface area (Å²) in [4.78, 5) is 8.77. The summed E-state index contributed by atoms with van der Waals surface area (Å²) in [5, 5.41) is 7.49. The molecule has 0 aliphatic heterocycles. The molecule has 0 radical (unpaired) electrons. The van der Waals surface area contributed by atoms with Gasteiger partial charge in [0.05, 0.1) is 7.11 Å². The Balaban J connectivity index is 2.25. The van der Waals surface area contributed by atoms with Crippen LogP contribution in [-0.4, -0.2) is 31.7 Å². The third kappa shape index (κ3) is 1.74. The minimum atomic E-state index is 0.377. The van der Waals surface area contributed by atoms with Crippen LogP contribution in [0, 0.1) is 6.92 Å². The van der Waals surface area contributed by atoms with Crippen molar-refractivity contribution in [3.05, 3.63) is 23.8 Å². The fourth-order valence-corrected chi connectivity index (χ4v) is 2.12. The first-order valence-electron chi connectivity index (χ1n) is 5.93. The zero-order valence-electron chi connectivity index (χ0n) is 10.9. The zero-order chi connectivity index (χ0) is 13.4. The van der Waals surface area contributed by atoms with Crippen molar-refractivity contribution in [3.63, 3.8) is 0 Å². The lowest BCUT2D eigenvalue weighted by molar-refractivity contribution is 0.392. The first-order chi connectivity index (χ1) is 9.24. The number of imidazole rings is 1. The van der Waals surface area contributed by atoms with Gasteiger partial charge in [0, 0.05) is 17.5 Å². The summed E-state index contributed by atoms with van der Waals surface area (Å²) < 4.78 is 12.4. The minimum Gasteiger partial charge on any atom is -0.481 e. The molecule has 0 fully saturated rings. The normalized spacial score (nSPS) is 11.1. The average molecular weight is 259 g/mol. The van der Waals surface area contributed by atoms with Crippen LogP contribution in [0.4, 0.5) is 0 Å². The molecule has 0 aliphatic carbocycles. The van der Waals surface area contributed by atoms with E-state index in [1.165, 1.54) is 6.39 Å². The van der Waals surface area contributed by atoms with E-state index in [4.69, 9.17) is 9.15 Å². The van der Waals surface area contributed by atoms with Gasteiger partial charge in [-0.3, -0.25) is 4.40 Å². The van der Waals surface area contributed by atoms with Crippen LogP contribution >= 0.6 is 0 Å². The van der Waals surface area contributed by atoms with Gasteiger partial charge in [0.25, 0.3) is 5.89 Å². The molecule has 0 unspecified atom stereocenters. The molecular weight excluding hydrogens is 246 g/mol. The van der Waals surface area contributed by atoms with E-state index in [0.29, 0.717) is 23.2 Å². The van der Waals surface area contributed by atoms with E-state index in [-0.39, 0.29) is 0 Å². The SMILES string of the molecule is CCc1c(OC)nc2nc(-c3nnco3)cn2c1C. The molecule has 3 aromatic rings. The summed E-state index contributed by atoms with van der Waals surface area (Å²) in [5.74, 6) is 1.54. The quantitative estimate of drug-likeness (QED) is 0.711. The Labute approximate surface area is 109 Å². The van der Waals surface area contributed by atoms with Crippen molar-refractivity contribution in [2.75, 3.05) is 7.11 Å². The maximum absolute atomic E-state index is 5.31. The number of rotatable bonds is 3. The zero-order valence-corrected chi connectivity index (χ0v) is 10.9. The fraction of sp³-hybridized carbons (Fsp3) is 0.333. The van der Waals surface area contributed by atoms with Gasteiger partial charge in [0.2, 0.25) is 18.1 Å². The van der Waals surface area contributed by atoms with Gasteiger partial charge in [-0.15, -0.1) is 10.2 Å². The Hall–Kier alpha value is -2.44. The van der Waals surface area contributed by atoms with Crippen molar-refractivity contribution in [1.82, 2.24) is 24.6 Å². The lowest BCUT2D eigenvalue weighted by Gasteiger charge is -2.10. The highest BCUT2D eigenvalue weighted by Gasteiger charge is 2.16. The van der Waals surface area contributed by atoms with Crippen LogP contribution in [0.5, 0.6) is 5.88 Å². The molecule has 0 spiro atoms. The van der Waals surface area contributed by atoms with Crippen molar-refractivity contribution >= 4 is 5.78 Å². The lowest BCUT2D eigenvalue weighted by atomic mass is 10.2. The molecule has 0 bridgehead atoms. The van der Waals surface area contributed by atoms with E-state index in [0.717, 1.165) is 17.7 Å². The smallest absolute Gasteiger partial charge is 0.267 e. The maximum Gasteiger partial charge on any atom is 0.267 e. The highest BCUT2D eigenvalue weighted by atomic mass is 16.5. The second-order valence-electron chi connectivity index (χ2n) is 4.08. The minimum absolute atomic E-state index is 0.377. The molecule has 0 saturated heterocycles. The third-order valence-electron chi connectivity index (χ3n) is 3.07. The Morgan fingerprint density at radius 1 is 1.37 bits per heavy atom. The fourth-order valence-electron chi connectivity index (χ4n) is 2.12. The van der Waals surface area contributed by atoms with Gasteiger partial charge in [-0.05, 0) is 13.3 Å². The van der Waals surface area contributed by atoms with E-state index in [1.54, 1.807) is 7.11 Å². The molecule has 19 heavy (non-hydrogen) atoms. The molecule has 0 aliphatic rings. The van der Waals surface area contributed by atoms with Crippen LogP contribution in [0.2, 0.25) is 0 Å². The van der Waals surface area contributed by atoms with Gasteiger partial charge in [-0.25, -0.2) is 4.98 Å². The lowest BCUT2D eigenvalue weighted by Crippen LogP contribution is -2.03. The number of hydrogen-bond donors (Lipinski definition) is 0. The van der Waals surface area contributed by atoms with Crippen molar-refractivity contribution in [1.29, 1.82) is 0 Å². The van der Waals surface area contributed by atoms with Gasteiger partial charge in [0.1, 0.15) is 5.69 Å². The molecule has 7 heteroatoms. The molecule has 7 nitrogen and oxygen atoms in total. The molecule has 3 rings (SSSR count). The van der Waals surface area contributed by atoms with E-state index in [9.17, 15) is 0 Å². The Bertz CT molecular complexity index is 717. The van der Waals surface area contributed by atoms with Gasteiger partial charge in [-0.1, -0.05) is 6.92 Å².